The van der Waals surface area contributed by atoms with Crippen molar-refractivity contribution in [2.24, 2.45) is 5.92 Å². The van der Waals surface area contributed by atoms with Crippen molar-refractivity contribution in [1.82, 2.24) is 5.32 Å². The zero-order valence-corrected chi connectivity index (χ0v) is 11.5. The van der Waals surface area contributed by atoms with E-state index in [4.69, 9.17) is 0 Å². The summed E-state index contributed by atoms with van der Waals surface area (Å²) in [5, 5.41) is 7.00. The van der Waals surface area contributed by atoms with E-state index in [0.29, 0.717) is 11.6 Å². The molecule has 104 valence electrons. The third-order valence-electron chi connectivity index (χ3n) is 4.51. The van der Waals surface area contributed by atoms with Crippen LogP contribution in [0.1, 0.15) is 29.6 Å². The predicted molar refractivity (Wildman–Crippen MR) is 82.4 cm³/mol. The van der Waals surface area contributed by atoms with Crippen molar-refractivity contribution in [3.05, 3.63) is 71.4 Å². The first kappa shape index (κ1) is 12.2. The SMILES string of the molecule is O=C=C1CC2C(c3ccccc3)Nc3ccccc3C2N1. The third-order valence-corrected chi connectivity index (χ3v) is 4.51. The first-order chi connectivity index (χ1) is 10.4. The number of rotatable bonds is 1. The Morgan fingerprint density at radius 1 is 0.905 bits per heavy atom. The number of hydrogen-bond acceptors (Lipinski definition) is 3. The Morgan fingerprint density at radius 3 is 2.48 bits per heavy atom. The highest BCUT2D eigenvalue weighted by Gasteiger charge is 2.42. The molecule has 0 amide bonds. The normalized spacial score (nSPS) is 26.1. The number of anilines is 1. The summed E-state index contributed by atoms with van der Waals surface area (Å²) in [5.41, 5.74) is 4.33. The fourth-order valence-corrected chi connectivity index (χ4v) is 3.56. The zero-order valence-electron chi connectivity index (χ0n) is 11.5. The van der Waals surface area contributed by atoms with Gasteiger partial charge >= 0.3 is 0 Å². The highest BCUT2D eigenvalue weighted by atomic mass is 16.1. The van der Waals surface area contributed by atoms with Gasteiger partial charge in [0.1, 0.15) is 5.94 Å². The largest absolute Gasteiger partial charge is 0.378 e. The molecule has 0 aromatic heterocycles. The second-order valence-corrected chi connectivity index (χ2v) is 5.69. The molecule has 3 heteroatoms. The van der Waals surface area contributed by atoms with Crippen LogP contribution in [0.25, 0.3) is 0 Å². The molecular weight excluding hydrogens is 260 g/mol. The maximum atomic E-state index is 11.1. The van der Waals surface area contributed by atoms with Crippen LogP contribution in [0, 0.1) is 5.92 Å². The summed E-state index contributed by atoms with van der Waals surface area (Å²) in [5.74, 6) is 2.38. The van der Waals surface area contributed by atoms with Gasteiger partial charge in [-0.3, -0.25) is 0 Å². The molecule has 21 heavy (non-hydrogen) atoms. The van der Waals surface area contributed by atoms with E-state index in [0.717, 1.165) is 12.1 Å². The van der Waals surface area contributed by atoms with Gasteiger partial charge in [0.15, 0.2) is 0 Å². The highest BCUT2D eigenvalue weighted by Crippen LogP contribution is 2.48. The number of nitrogens with one attached hydrogen (secondary N) is 2. The molecule has 2 aromatic rings. The van der Waals surface area contributed by atoms with Crippen molar-refractivity contribution in [1.29, 1.82) is 0 Å². The lowest BCUT2D eigenvalue weighted by atomic mass is 9.80. The van der Waals surface area contributed by atoms with Crippen LogP contribution in [0.15, 0.2) is 60.3 Å². The van der Waals surface area contributed by atoms with Gasteiger partial charge in [-0.2, -0.15) is 0 Å². The number of benzene rings is 2. The Balaban J connectivity index is 1.82. The zero-order chi connectivity index (χ0) is 14.2. The average Bonchev–Trinajstić information content (AvgIpc) is 2.99. The van der Waals surface area contributed by atoms with Crippen molar-refractivity contribution in [2.75, 3.05) is 5.32 Å². The minimum atomic E-state index is 0.184. The van der Waals surface area contributed by atoms with Crippen LogP contribution in [0.2, 0.25) is 0 Å². The summed E-state index contributed by atoms with van der Waals surface area (Å²) in [6, 6.07) is 19.2. The first-order valence-electron chi connectivity index (χ1n) is 7.28. The van der Waals surface area contributed by atoms with Gasteiger partial charge in [-0.15, -0.1) is 0 Å². The minimum Gasteiger partial charge on any atom is -0.378 e. The lowest BCUT2D eigenvalue weighted by Crippen LogP contribution is -2.32. The van der Waals surface area contributed by atoms with Gasteiger partial charge in [0, 0.05) is 18.0 Å². The summed E-state index contributed by atoms with van der Waals surface area (Å²) in [4.78, 5) is 11.1. The molecule has 3 atom stereocenters. The van der Waals surface area contributed by atoms with Crippen molar-refractivity contribution in [2.45, 2.75) is 18.5 Å². The molecule has 1 fully saturated rings. The molecule has 0 aliphatic carbocycles. The van der Waals surface area contributed by atoms with E-state index in [1.165, 1.54) is 11.1 Å². The second kappa shape index (κ2) is 4.80. The Labute approximate surface area is 123 Å². The van der Waals surface area contributed by atoms with Crippen LogP contribution < -0.4 is 10.6 Å². The van der Waals surface area contributed by atoms with E-state index in [1.54, 1.807) is 0 Å². The number of allylic oxidation sites excluding steroid dienone is 1. The van der Waals surface area contributed by atoms with E-state index >= 15 is 0 Å². The monoisotopic (exact) mass is 276 g/mol. The molecular formula is C18H16N2O. The van der Waals surface area contributed by atoms with Crippen LogP contribution in [0.4, 0.5) is 5.69 Å². The molecule has 2 N–H and O–H groups in total. The Hall–Kier alpha value is -2.51. The van der Waals surface area contributed by atoms with E-state index in [9.17, 15) is 4.79 Å². The predicted octanol–water partition coefficient (Wildman–Crippen LogP) is 3.22. The van der Waals surface area contributed by atoms with E-state index in [2.05, 4.69) is 53.0 Å². The molecule has 2 heterocycles. The molecule has 0 radical (unpaired) electrons. The van der Waals surface area contributed by atoms with Crippen molar-refractivity contribution in [3.63, 3.8) is 0 Å². The maximum Gasteiger partial charge on any atom is 0.145 e. The molecule has 2 aliphatic heterocycles. The third kappa shape index (κ3) is 1.94. The van der Waals surface area contributed by atoms with Gasteiger partial charge in [-0.25, -0.2) is 4.79 Å². The van der Waals surface area contributed by atoms with Gasteiger partial charge in [0.25, 0.3) is 0 Å². The molecule has 0 saturated carbocycles. The van der Waals surface area contributed by atoms with Gasteiger partial charge in [-0.1, -0.05) is 48.5 Å². The topological polar surface area (TPSA) is 41.1 Å². The fourth-order valence-electron chi connectivity index (χ4n) is 3.56. The molecule has 2 aliphatic rings. The Bertz CT molecular complexity index is 719. The number of hydrogen-bond donors (Lipinski definition) is 2. The number of carbonyl (C=O) groups excluding carboxylic acids is 1. The molecule has 4 rings (SSSR count). The van der Waals surface area contributed by atoms with Crippen LogP contribution in [0.3, 0.4) is 0 Å². The quantitative estimate of drug-likeness (QED) is 0.786. The highest BCUT2D eigenvalue weighted by molar-refractivity contribution is 5.61. The smallest absolute Gasteiger partial charge is 0.145 e. The van der Waals surface area contributed by atoms with Gasteiger partial charge < -0.3 is 10.6 Å². The van der Waals surface area contributed by atoms with Crippen LogP contribution in [-0.2, 0) is 4.79 Å². The summed E-state index contributed by atoms with van der Waals surface area (Å²) in [6.07, 6.45) is 0.745. The maximum absolute atomic E-state index is 11.1. The van der Waals surface area contributed by atoms with Crippen molar-refractivity contribution < 1.29 is 4.79 Å². The molecule has 1 saturated heterocycles. The number of fused-ring (bicyclic) bond motifs is 3. The summed E-state index contributed by atoms with van der Waals surface area (Å²) < 4.78 is 0. The second-order valence-electron chi connectivity index (χ2n) is 5.69. The molecule has 3 unspecified atom stereocenters. The molecule has 0 spiro atoms. The van der Waals surface area contributed by atoms with Crippen LogP contribution >= 0.6 is 0 Å². The lowest BCUT2D eigenvalue weighted by Gasteiger charge is -2.36. The van der Waals surface area contributed by atoms with Gasteiger partial charge in [-0.05, 0) is 17.2 Å². The minimum absolute atomic E-state index is 0.184. The first-order valence-corrected chi connectivity index (χ1v) is 7.28. The van der Waals surface area contributed by atoms with E-state index in [1.807, 2.05) is 18.2 Å². The average molecular weight is 276 g/mol. The standard InChI is InChI=1S/C18H16N2O/c21-11-13-10-15-17(12-6-2-1-3-7-12)20-16-9-5-4-8-14(16)18(15)19-13/h1-9,15,17-20H,10H2. The summed E-state index contributed by atoms with van der Waals surface area (Å²) >= 11 is 0. The summed E-state index contributed by atoms with van der Waals surface area (Å²) in [7, 11) is 0. The van der Waals surface area contributed by atoms with Crippen LogP contribution in [0.5, 0.6) is 0 Å². The van der Waals surface area contributed by atoms with Crippen LogP contribution in [-0.4, -0.2) is 5.94 Å². The lowest BCUT2D eigenvalue weighted by molar-refractivity contribution is 0.391. The van der Waals surface area contributed by atoms with Crippen molar-refractivity contribution >= 4 is 11.6 Å². The van der Waals surface area contributed by atoms with E-state index < -0.39 is 0 Å². The molecule has 0 bridgehead atoms. The van der Waals surface area contributed by atoms with E-state index in [-0.39, 0.29) is 12.1 Å². The fraction of sp³-hybridized carbons (Fsp3) is 0.222. The van der Waals surface area contributed by atoms with Crippen molar-refractivity contribution in [3.8, 4) is 0 Å². The van der Waals surface area contributed by atoms with Gasteiger partial charge in [0.2, 0.25) is 0 Å². The molecule has 3 nitrogen and oxygen atoms in total. The summed E-state index contributed by atoms with van der Waals surface area (Å²) in [6.45, 7) is 0. The van der Waals surface area contributed by atoms with Gasteiger partial charge in [0.05, 0.1) is 17.8 Å². The Morgan fingerprint density at radius 2 is 1.67 bits per heavy atom. The molecule has 2 aromatic carbocycles. The Kier molecular flexibility index (Phi) is 2.80. The number of para-hydroxylation sites is 1.